The zero-order valence-corrected chi connectivity index (χ0v) is 14.1. The molecule has 5 nitrogen and oxygen atoms in total. The lowest BCUT2D eigenvalue weighted by molar-refractivity contribution is -0.119. The van der Waals surface area contributed by atoms with Gasteiger partial charge in [-0.1, -0.05) is 30.3 Å². The Kier molecular flexibility index (Phi) is 4.75. The van der Waals surface area contributed by atoms with Gasteiger partial charge in [-0.15, -0.1) is 0 Å². The van der Waals surface area contributed by atoms with Crippen molar-refractivity contribution in [2.45, 2.75) is 13.8 Å². The molecule has 0 spiro atoms. The Hall–Kier alpha value is -3.21. The molecule has 5 heteroatoms. The zero-order chi connectivity index (χ0) is 17.8. The average Bonchev–Trinajstić information content (AvgIpc) is 2.58. The van der Waals surface area contributed by atoms with Crippen molar-refractivity contribution in [1.29, 1.82) is 0 Å². The molecule has 0 bridgehead atoms. The normalized spacial score (nSPS) is 10.5. The Morgan fingerprint density at radius 1 is 1.00 bits per heavy atom. The summed E-state index contributed by atoms with van der Waals surface area (Å²) >= 11 is 0. The van der Waals surface area contributed by atoms with E-state index in [1.807, 2.05) is 56.3 Å². The summed E-state index contributed by atoms with van der Waals surface area (Å²) in [4.78, 5) is 28.3. The zero-order valence-electron chi connectivity index (χ0n) is 14.1. The Bertz CT molecular complexity index is 930. The standard InChI is InChI=1S/C20H18N2O3/c1-13-9-14(2)11-16(10-13)21-19(23)12-25-20(24)18-8-7-15-5-3-4-6-17(15)22-18/h3-11H,12H2,1-2H3,(H,21,23). The molecule has 1 heterocycles. The van der Waals surface area contributed by atoms with Crippen molar-refractivity contribution >= 4 is 28.5 Å². The maximum atomic E-state index is 12.1. The number of carbonyl (C=O) groups is 2. The number of ether oxygens (including phenoxy) is 1. The Morgan fingerprint density at radius 2 is 1.72 bits per heavy atom. The van der Waals surface area contributed by atoms with Crippen LogP contribution in [0.1, 0.15) is 21.6 Å². The third-order valence-electron chi connectivity index (χ3n) is 3.65. The number of nitrogens with one attached hydrogen (secondary N) is 1. The van der Waals surface area contributed by atoms with Crippen molar-refractivity contribution in [3.8, 4) is 0 Å². The van der Waals surface area contributed by atoms with Gasteiger partial charge in [0.15, 0.2) is 6.61 Å². The van der Waals surface area contributed by atoms with Gasteiger partial charge in [0.25, 0.3) is 5.91 Å². The summed E-state index contributed by atoms with van der Waals surface area (Å²) in [5.41, 5.74) is 3.66. The number of benzene rings is 2. The minimum atomic E-state index is -0.624. The first-order valence-electron chi connectivity index (χ1n) is 7.92. The molecule has 1 aromatic heterocycles. The van der Waals surface area contributed by atoms with Crippen LogP contribution in [0.25, 0.3) is 10.9 Å². The van der Waals surface area contributed by atoms with Crippen LogP contribution in [0.4, 0.5) is 5.69 Å². The number of hydrogen-bond acceptors (Lipinski definition) is 4. The number of pyridine rings is 1. The van der Waals surface area contributed by atoms with Gasteiger partial charge in [-0.3, -0.25) is 4.79 Å². The molecule has 0 atom stereocenters. The van der Waals surface area contributed by atoms with Crippen LogP contribution in [-0.2, 0) is 9.53 Å². The Morgan fingerprint density at radius 3 is 2.48 bits per heavy atom. The number of hydrogen-bond donors (Lipinski definition) is 1. The molecule has 0 aliphatic carbocycles. The van der Waals surface area contributed by atoms with Crippen LogP contribution in [0.3, 0.4) is 0 Å². The number of amides is 1. The second kappa shape index (κ2) is 7.13. The first-order chi connectivity index (χ1) is 12.0. The third-order valence-corrected chi connectivity index (χ3v) is 3.65. The highest BCUT2D eigenvalue weighted by molar-refractivity contribution is 5.95. The van der Waals surface area contributed by atoms with E-state index in [0.717, 1.165) is 16.5 Å². The van der Waals surface area contributed by atoms with E-state index in [1.165, 1.54) is 0 Å². The molecule has 2 aromatic carbocycles. The minimum Gasteiger partial charge on any atom is -0.451 e. The second-order valence-corrected chi connectivity index (χ2v) is 5.89. The number of aryl methyl sites for hydroxylation is 2. The summed E-state index contributed by atoms with van der Waals surface area (Å²) in [6.07, 6.45) is 0. The lowest BCUT2D eigenvalue weighted by Crippen LogP contribution is -2.21. The highest BCUT2D eigenvalue weighted by Gasteiger charge is 2.12. The number of aromatic nitrogens is 1. The van der Waals surface area contributed by atoms with Crippen LogP contribution < -0.4 is 5.32 Å². The topological polar surface area (TPSA) is 68.3 Å². The molecule has 0 saturated carbocycles. The Labute approximate surface area is 145 Å². The molecular formula is C20H18N2O3. The summed E-state index contributed by atoms with van der Waals surface area (Å²) in [5, 5.41) is 3.66. The van der Waals surface area contributed by atoms with Gasteiger partial charge in [0.2, 0.25) is 0 Å². The summed E-state index contributed by atoms with van der Waals surface area (Å²) in [7, 11) is 0. The quantitative estimate of drug-likeness (QED) is 0.740. The molecule has 0 aliphatic rings. The van der Waals surface area contributed by atoms with E-state index in [1.54, 1.807) is 12.1 Å². The van der Waals surface area contributed by atoms with Gasteiger partial charge in [0.05, 0.1) is 5.52 Å². The van der Waals surface area contributed by atoms with Crippen molar-refractivity contribution in [1.82, 2.24) is 4.98 Å². The van der Waals surface area contributed by atoms with E-state index in [-0.39, 0.29) is 18.2 Å². The monoisotopic (exact) mass is 334 g/mol. The molecule has 25 heavy (non-hydrogen) atoms. The molecule has 3 aromatic rings. The lowest BCUT2D eigenvalue weighted by Gasteiger charge is -2.08. The molecule has 3 rings (SSSR count). The van der Waals surface area contributed by atoms with E-state index in [0.29, 0.717) is 11.2 Å². The molecule has 0 fully saturated rings. The first kappa shape index (κ1) is 16.6. The number of rotatable bonds is 4. The first-order valence-corrected chi connectivity index (χ1v) is 7.92. The molecule has 0 aliphatic heterocycles. The molecule has 0 unspecified atom stereocenters. The summed E-state index contributed by atoms with van der Waals surface area (Å²) in [6.45, 7) is 3.54. The van der Waals surface area contributed by atoms with Gasteiger partial charge in [-0.05, 0) is 49.2 Å². The lowest BCUT2D eigenvalue weighted by atomic mass is 10.1. The smallest absolute Gasteiger partial charge is 0.357 e. The van der Waals surface area contributed by atoms with Crippen LogP contribution in [0.5, 0.6) is 0 Å². The van der Waals surface area contributed by atoms with E-state index in [2.05, 4.69) is 10.3 Å². The van der Waals surface area contributed by atoms with Gasteiger partial charge in [0, 0.05) is 11.1 Å². The molecule has 0 saturated heterocycles. The van der Waals surface area contributed by atoms with Crippen LogP contribution in [0, 0.1) is 13.8 Å². The van der Waals surface area contributed by atoms with E-state index < -0.39 is 5.97 Å². The van der Waals surface area contributed by atoms with Gasteiger partial charge in [-0.25, -0.2) is 9.78 Å². The van der Waals surface area contributed by atoms with E-state index in [9.17, 15) is 9.59 Å². The van der Waals surface area contributed by atoms with Crippen molar-refractivity contribution in [3.63, 3.8) is 0 Å². The van der Waals surface area contributed by atoms with Crippen molar-refractivity contribution in [3.05, 3.63) is 71.4 Å². The maximum Gasteiger partial charge on any atom is 0.357 e. The second-order valence-electron chi connectivity index (χ2n) is 5.89. The molecule has 1 amide bonds. The fourth-order valence-corrected chi connectivity index (χ4v) is 2.63. The summed E-state index contributed by atoms with van der Waals surface area (Å²) in [6, 6.07) is 16.6. The summed E-state index contributed by atoms with van der Waals surface area (Å²) < 4.78 is 5.06. The Balaban J connectivity index is 1.61. The largest absolute Gasteiger partial charge is 0.451 e. The van der Waals surface area contributed by atoms with Gasteiger partial charge in [0.1, 0.15) is 5.69 Å². The number of esters is 1. The van der Waals surface area contributed by atoms with Crippen LogP contribution in [0.2, 0.25) is 0 Å². The highest BCUT2D eigenvalue weighted by Crippen LogP contribution is 2.14. The van der Waals surface area contributed by atoms with Gasteiger partial charge < -0.3 is 10.1 Å². The molecule has 1 N–H and O–H groups in total. The van der Waals surface area contributed by atoms with Crippen LogP contribution >= 0.6 is 0 Å². The highest BCUT2D eigenvalue weighted by atomic mass is 16.5. The molecule has 126 valence electrons. The fourth-order valence-electron chi connectivity index (χ4n) is 2.63. The number of carbonyl (C=O) groups excluding carboxylic acids is 2. The predicted molar refractivity (Wildman–Crippen MR) is 96.6 cm³/mol. The van der Waals surface area contributed by atoms with E-state index in [4.69, 9.17) is 4.74 Å². The number of nitrogens with zero attached hydrogens (tertiary/aromatic N) is 1. The minimum absolute atomic E-state index is 0.179. The fraction of sp³-hybridized carbons (Fsp3) is 0.150. The van der Waals surface area contributed by atoms with Crippen LogP contribution in [0.15, 0.2) is 54.6 Å². The van der Waals surface area contributed by atoms with Crippen molar-refractivity contribution in [2.75, 3.05) is 11.9 Å². The summed E-state index contributed by atoms with van der Waals surface area (Å²) in [5.74, 6) is -1.01. The maximum absolute atomic E-state index is 12.1. The number of anilines is 1. The predicted octanol–water partition coefficient (Wildman–Crippen LogP) is 3.65. The van der Waals surface area contributed by atoms with Crippen molar-refractivity contribution in [2.24, 2.45) is 0 Å². The van der Waals surface area contributed by atoms with Crippen LogP contribution in [-0.4, -0.2) is 23.5 Å². The van der Waals surface area contributed by atoms with Gasteiger partial charge >= 0.3 is 5.97 Å². The van der Waals surface area contributed by atoms with Crippen molar-refractivity contribution < 1.29 is 14.3 Å². The average molecular weight is 334 g/mol. The van der Waals surface area contributed by atoms with Gasteiger partial charge in [-0.2, -0.15) is 0 Å². The van der Waals surface area contributed by atoms with E-state index >= 15 is 0 Å². The molecule has 0 radical (unpaired) electrons. The third kappa shape index (κ3) is 4.20. The molecular weight excluding hydrogens is 316 g/mol. The number of fused-ring (bicyclic) bond motifs is 1. The SMILES string of the molecule is Cc1cc(C)cc(NC(=O)COC(=O)c2ccc3ccccc3n2)c1. The number of para-hydroxylation sites is 1.